The van der Waals surface area contributed by atoms with Crippen molar-refractivity contribution in [2.75, 3.05) is 13.1 Å². The third-order valence-electron chi connectivity index (χ3n) is 4.30. The molecular formula is C13H12Cl2F3N3O2. The number of rotatable bonds is 2. The molecule has 23 heavy (non-hydrogen) atoms. The number of nitrogens with zero attached hydrogens (tertiary/aromatic N) is 1. The predicted molar refractivity (Wildman–Crippen MR) is 76.4 cm³/mol. The summed E-state index contributed by atoms with van der Waals surface area (Å²) in [6.45, 7) is 1.65. The Morgan fingerprint density at radius 2 is 1.78 bits per heavy atom. The maximum Gasteiger partial charge on any atom is 0.471 e. The van der Waals surface area contributed by atoms with Crippen LogP contribution in [-0.4, -0.2) is 47.0 Å². The van der Waals surface area contributed by atoms with Crippen LogP contribution in [0.5, 0.6) is 0 Å². The molecule has 1 saturated heterocycles. The molecule has 2 amide bonds. The highest BCUT2D eigenvalue weighted by molar-refractivity contribution is 6.44. The van der Waals surface area contributed by atoms with Gasteiger partial charge in [0.1, 0.15) is 5.69 Å². The predicted octanol–water partition coefficient (Wildman–Crippen LogP) is 2.38. The minimum atomic E-state index is -4.86. The molecule has 2 N–H and O–H groups in total. The number of fused-ring (bicyclic) bond motifs is 1. The Balaban J connectivity index is 1.59. The van der Waals surface area contributed by atoms with Gasteiger partial charge in [-0.25, -0.2) is 0 Å². The van der Waals surface area contributed by atoms with Gasteiger partial charge in [-0.1, -0.05) is 23.2 Å². The molecule has 2 fully saturated rings. The van der Waals surface area contributed by atoms with Crippen molar-refractivity contribution in [3.8, 4) is 0 Å². The third kappa shape index (κ3) is 2.78. The Labute approximate surface area is 139 Å². The number of likely N-dealkylation sites (tertiary alicyclic amines) is 1. The lowest BCUT2D eigenvalue weighted by molar-refractivity contribution is -0.184. The third-order valence-corrected chi connectivity index (χ3v) is 5.25. The van der Waals surface area contributed by atoms with Gasteiger partial charge in [0, 0.05) is 36.7 Å². The van der Waals surface area contributed by atoms with Crippen LogP contribution in [0.1, 0.15) is 16.2 Å². The van der Waals surface area contributed by atoms with Gasteiger partial charge in [-0.05, 0) is 6.92 Å². The zero-order valence-electron chi connectivity index (χ0n) is 11.8. The van der Waals surface area contributed by atoms with Crippen LogP contribution >= 0.6 is 23.2 Å². The van der Waals surface area contributed by atoms with E-state index in [0.717, 1.165) is 4.90 Å². The topological polar surface area (TPSA) is 65.2 Å². The van der Waals surface area contributed by atoms with Crippen LogP contribution in [0.15, 0.2) is 0 Å². The van der Waals surface area contributed by atoms with Gasteiger partial charge in [0.05, 0.1) is 10.0 Å². The van der Waals surface area contributed by atoms with E-state index in [1.807, 2.05) is 0 Å². The molecule has 0 bridgehead atoms. The quantitative estimate of drug-likeness (QED) is 0.840. The lowest BCUT2D eigenvalue weighted by Gasteiger charge is -2.21. The fourth-order valence-electron chi connectivity index (χ4n) is 3.04. The lowest BCUT2D eigenvalue weighted by atomic mass is 10.3. The number of piperidine rings is 1. The molecule has 1 aliphatic carbocycles. The van der Waals surface area contributed by atoms with E-state index in [2.05, 4.69) is 10.3 Å². The number of hydrogen-bond acceptors (Lipinski definition) is 2. The Bertz CT molecular complexity index is 677. The summed E-state index contributed by atoms with van der Waals surface area (Å²) in [4.78, 5) is 26.8. The number of carbonyl (C=O) groups excluding carboxylic acids is 2. The number of H-pyrrole nitrogens is 1. The van der Waals surface area contributed by atoms with Crippen LogP contribution in [0, 0.1) is 18.8 Å². The van der Waals surface area contributed by atoms with Gasteiger partial charge in [-0.2, -0.15) is 13.2 Å². The fourth-order valence-corrected chi connectivity index (χ4v) is 3.45. The number of hydrogen-bond donors (Lipinski definition) is 2. The molecule has 0 spiro atoms. The van der Waals surface area contributed by atoms with Crippen LogP contribution in [0.25, 0.3) is 0 Å². The highest BCUT2D eigenvalue weighted by Crippen LogP contribution is 2.46. The smallest absolute Gasteiger partial charge is 0.352 e. The van der Waals surface area contributed by atoms with Crippen molar-refractivity contribution in [1.82, 2.24) is 15.2 Å². The van der Waals surface area contributed by atoms with Crippen molar-refractivity contribution in [3.63, 3.8) is 0 Å². The van der Waals surface area contributed by atoms with E-state index in [1.165, 1.54) is 0 Å². The van der Waals surface area contributed by atoms with Crippen molar-refractivity contribution in [2.24, 2.45) is 11.8 Å². The molecule has 0 radical (unpaired) electrons. The van der Waals surface area contributed by atoms with E-state index >= 15 is 0 Å². The standard InChI is InChI=1S/C13H12Cl2F3N3O2/c1-4-7(14)8(15)10(19-4)11(22)20-9-5-2-21(3-6(5)9)12(23)13(16,17)18/h5-6,9,19H,2-3H2,1H3,(H,20,22)/t5-,6+,9+. The van der Waals surface area contributed by atoms with Crippen molar-refractivity contribution >= 4 is 35.0 Å². The molecule has 0 aromatic carbocycles. The molecule has 2 aliphatic rings. The van der Waals surface area contributed by atoms with Gasteiger partial charge in [0.15, 0.2) is 0 Å². The average molecular weight is 370 g/mol. The van der Waals surface area contributed by atoms with Crippen molar-refractivity contribution < 1.29 is 22.8 Å². The number of aromatic amines is 1. The van der Waals surface area contributed by atoms with Crippen molar-refractivity contribution in [1.29, 1.82) is 0 Å². The second kappa shape index (κ2) is 5.31. The van der Waals surface area contributed by atoms with Gasteiger partial charge < -0.3 is 15.2 Å². The molecule has 1 aromatic rings. The summed E-state index contributed by atoms with van der Waals surface area (Å²) in [5.41, 5.74) is 0.683. The summed E-state index contributed by atoms with van der Waals surface area (Å²) in [7, 11) is 0. The van der Waals surface area contributed by atoms with Gasteiger partial charge >= 0.3 is 12.1 Å². The van der Waals surface area contributed by atoms with E-state index in [0.29, 0.717) is 5.69 Å². The molecule has 3 rings (SSSR count). The SMILES string of the molecule is Cc1[nH]c(C(=O)N[C@H]2[C@@H]3CN(C(=O)C(F)(F)F)C[C@@H]32)c(Cl)c1Cl. The molecule has 2 heterocycles. The number of aromatic nitrogens is 1. The summed E-state index contributed by atoms with van der Waals surface area (Å²) in [6.07, 6.45) is -4.86. The van der Waals surface area contributed by atoms with Crippen molar-refractivity contribution in [2.45, 2.75) is 19.1 Å². The molecule has 5 nitrogen and oxygen atoms in total. The van der Waals surface area contributed by atoms with Gasteiger partial charge in [-0.3, -0.25) is 9.59 Å². The molecule has 1 aliphatic heterocycles. The normalized spacial score (nSPS) is 26.2. The molecule has 1 saturated carbocycles. The number of nitrogens with one attached hydrogen (secondary N) is 2. The Hall–Kier alpha value is -1.41. The number of carbonyl (C=O) groups is 2. The first-order valence-corrected chi connectivity index (χ1v) is 7.57. The Morgan fingerprint density at radius 1 is 1.22 bits per heavy atom. The van der Waals surface area contributed by atoms with Gasteiger partial charge in [0.25, 0.3) is 5.91 Å². The number of amides is 2. The molecule has 10 heteroatoms. The van der Waals surface area contributed by atoms with E-state index in [-0.39, 0.29) is 46.7 Å². The molecule has 1 aromatic heterocycles. The summed E-state index contributed by atoms with van der Waals surface area (Å²) >= 11 is 11.8. The highest BCUT2D eigenvalue weighted by Gasteiger charge is 2.60. The molecule has 3 atom stereocenters. The minimum absolute atomic E-state index is 0.00774. The first-order valence-electron chi connectivity index (χ1n) is 6.81. The Kier molecular flexibility index (Phi) is 3.79. The van der Waals surface area contributed by atoms with Crippen LogP contribution in [0.3, 0.4) is 0 Å². The zero-order chi connectivity index (χ0) is 17.1. The van der Waals surface area contributed by atoms with Crippen molar-refractivity contribution in [3.05, 3.63) is 21.4 Å². The number of aryl methyl sites for hydroxylation is 1. The summed E-state index contributed by atoms with van der Waals surface area (Å²) < 4.78 is 37.1. The second-order valence-corrected chi connectivity index (χ2v) is 6.54. The maximum atomic E-state index is 12.4. The first kappa shape index (κ1) is 16.4. The molecule has 126 valence electrons. The monoisotopic (exact) mass is 369 g/mol. The first-order chi connectivity index (χ1) is 10.6. The minimum Gasteiger partial charge on any atom is -0.352 e. The summed E-state index contributed by atoms with van der Waals surface area (Å²) in [5.74, 6) is -2.60. The van der Waals surface area contributed by atoms with Crippen LogP contribution in [0.4, 0.5) is 13.2 Å². The van der Waals surface area contributed by atoms with Crippen LogP contribution in [0.2, 0.25) is 10.0 Å². The maximum absolute atomic E-state index is 12.4. The molecule has 0 unspecified atom stereocenters. The highest BCUT2D eigenvalue weighted by atomic mass is 35.5. The van der Waals surface area contributed by atoms with E-state index in [1.54, 1.807) is 6.92 Å². The number of alkyl halides is 3. The van der Waals surface area contributed by atoms with Gasteiger partial charge in [0.2, 0.25) is 0 Å². The van der Waals surface area contributed by atoms with Gasteiger partial charge in [-0.15, -0.1) is 0 Å². The summed E-state index contributed by atoms with van der Waals surface area (Å²) in [6, 6.07) is -0.252. The largest absolute Gasteiger partial charge is 0.471 e. The molecular weight excluding hydrogens is 358 g/mol. The van der Waals surface area contributed by atoms with E-state index in [9.17, 15) is 22.8 Å². The van der Waals surface area contributed by atoms with Crippen LogP contribution < -0.4 is 5.32 Å². The lowest BCUT2D eigenvalue weighted by Crippen LogP contribution is -2.43. The fraction of sp³-hybridized carbons (Fsp3) is 0.538. The summed E-state index contributed by atoms with van der Waals surface area (Å²) in [5, 5.41) is 3.09. The average Bonchev–Trinajstić information content (AvgIpc) is 2.82. The van der Waals surface area contributed by atoms with Crippen LogP contribution in [-0.2, 0) is 4.79 Å². The van der Waals surface area contributed by atoms with E-state index < -0.39 is 18.0 Å². The Morgan fingerprint density at radius 3 is 2.22 bits per heavy atom. The zero-order valence-corrected chi connectivity index (χ0v) is 13.3. The van der Waals surface area contributed by atoms with E-state index in [4.69, 9.17) is 23.2 Å². The number of halogens is 5. The second-order valence-electron chi connectivity index (χ2n) is 5.79.